The Balaban J connectivity index is 1.41. The van der Waals surface area contributed by atoms with Crippen molar-refractivity contribution < 1.29 is 0 Å². The molecule has 4 aromatic rings. The molecule has 150 valence electrons. The van der Waals surface area contributed by atoms with Gasteiger partial charge in [0.25, 0.3) is 0 Å². The summed E-state index contributed by atoms with van der Waals surface area (Å²) in [5, 5.41) is 4.90. The lowest BCUT2D eigenvalue weighted by atomic mass is 10.3. The standard InChI is InChI=1S/C22H27N7/c1-3-10-28-13-9-23-21(28)16-27-11-6-12-29-17(15-27)14-19(25-29)22-24-18-7-4-5-8-20(18)26(22)2/h4-5,7-9,13-14H,3,6,10-12,15-16H2,1-2H3. The number of aromatic nitrogens is 6. The summed E-state index contributed by atoms with van der Waals surface area (Å²) in [7, 11) is 2.06. The lowest BCUT2D eigenvalue weighted by Crippen LogP contribution is -2.24. The van der Waals surface area contributed by atoms with Crippen LogP contribution in [0.4, 0.5) is 0 Å². The zero-order valence-electron chi connectivity index (χ0n) is 17.1. The average Bonchev–Trinajstić information content (AvgIpc) is 3.38. The largest absolute Gasteiger partial charge is 0.334 e. The predicted molar refractivity (Wildman–Crippen MR) is 113 cm³/mol. The maximum absolute atomic E-state index is 4.90. The van der Waals surface area contributed by atoms with Crippen molar-refractivity contribution in [2.45, 2.75) is 45.9 Å². The molecular formula is C22H27N7. The molecule has 4 heterocycles. The SMILES string of the molecule is CCCn1ccnc1CN1CCCn2nc(-c3nc4ccccc4n3C)cc2C1. The molecule has 0 spiro atoms. The van der Waals surface area contributed by atoms with Crippen molar-refractivity contribution >= 4 is 11.0 Å². The second kappa shape index (κ2) is 7.48. The summed E-state index contributed by atoms with van der Waals surface area (Å²) in [6.07, 6.45) is 6.21. The van der Waals surface area contributed by atoms with Gasteiger partial charge in [0.1, 0.15) is 11.5 Å². The number of imidazole rings is 2. The van der Waals surface area contributed by atoms with Crippen molar-refractivity contribution in [3.05, 3.63) is 54.2 Å². The fourth-order valence-electron chi connectivity index (χ4n) is 4.28. The molecule has 29 heavy (non-hydrogen) atoms. The van der Waals surface area contributed by atoms with E-state index in [1.165, 1.54) is 5.69 Å². The monoisotopic (exact) mass is 389 g/mol. The topological polar surface area (TPSA) is 56.7 Å². The van der Waals surface area contributed by atoms with Crippen LogP contribution in [-0.2, 0) is 33.2 Å². The van der Waals surface area contributed by atoms with Crippen LogP contribution in [0.2, 0.25) is 0 Å². The van der Waals surface area contributed by atoms with E-state index in [-0.39, 0.29) is 0 Å². The highest BCUT2D eigenvalue weighted by Gasteiger charge is 2.21. The van der Waals surface area contributed by atoms with Crippen molar-refractivity contribution in [3.8, 4) is 11.5 Å². The van der Waals surface area contributed by atoms with Crippen molar-refractivity contribution in [2.75, 3.05) is 6.54 Å². The molecule has 1 aromatic carbocycles. The second-order valence-corrected chi connectivity index (χ2v) is 7.83. The number of nitrogens with zero attached hydrogens (tertiary/aromatic N) is 7. The zero-order chi connectivity index (χ0) is 19.8. The van der Waals surface area contributed by atoms with E-state index in [9.17, 15) is 0 Å². The first-order valence-electron chi connectivity index (χ1n) is 10.4. The van der Waals surface area contributed by atoms with E-state index in [1.807, 2.05) is 12.3 Å². The van der Waals surface area contributed by atoms with Crippen LogP contribution in [-0.4, -0.2) is 40.3 Å². The van der Waals surface area contributed by atoms with E-state index in [0.29, 0.717) is 0 Å². The minimum atomic E-state index is 0.875. The van der Waals surface area contributed by atoms with Gasteiger partial charge in [0.05, 0.1) is 23.3 Å². The van der Waals surface area contributed by atoms with Gasteiger partial charge >= 0.3 is 0 Å². The normalized spacial score (nSPS) is 15.0. The minimum Gasteiger partial charge on any atom is -0.334 e. The summed E-state index contributed by atoms with van der Waals surface area (Å²) in [6.45, 7) is 6.99. The maximum Gasteiger partial charge on any atom is 0.161 e. The predicted octanol–water partition coefficient (Wildman–Crippen LogP) is 3.45. The fourth-order valence-corrected chi connectivity index (χ4v) is 4.28. The molecule has 1 aliphatic heterocycles. The van der Waals surface area contributed by atoms with Crippen LogP contribution in [0.1, 0.15) is 31.3 Å². The molecule has 0 fully saturated rings. The summed E-state index contributed by atoms with van der Waals surface area (Å²) >= 11 is 0. The first-order chi connectivity index (χ1) is 14.2. The van der Waals surface area contributed by atoms with Gasteiger partial charge in [-0.2, -0.15) is 5.10 Å². The van der Waals surface area contributed by atoms with E-state index in [0.717, 1.165) is 73.9 Å². The molecular weight excluding hydrogens is 362 g/mol. The van der Waals surface area contributed by atoms with Gasteiger partial charge in [-0.15, -0.1) is 0 Å². The Morgan fingerprint density at radius 2 is 2.03 bits per heavy atom. The van der Waals surface area contributed by atoms with Gasteiger partial charge in [0.15, 0.2) is 5.82 Å². The Hall–Kier alpha value is -2.93. The molecule has 0 atom stereocenters. The van der Waals surface area contributed by atoms with E-state index in [2.05, 4.69) is 68.1 Å². The Bertz CT molecular complexity index is 1130. The number of benzene rings is 1. The maximum atomic E-state index is 4.90. The van der Waals surface area contributed by atoms with Gasteiger partial charge < -0.3 is 9.13 Å². The molecule has 3 aromatic heterocycles. The van der Waals surface area contributed by atoms with Crippen LogP contribution >= 0.6 is 0 Å². The Labute approximate surface area is 170 Å². The molecule has 7 heteroatoms. The summed E-state index contributed by atoms with van der Waals surface area (Å²) < 4.78 is 6.57. The van der Waals surface area contributed by atoms with Crippen molar-refractivity contribution in [3.63, 3.8) is 0 Å². The summed E-state index contributed by atoms with van der Waals surface area (Å²) in [5.41, 5.74) is 4.35. The molecule has 0 N–H and O–H groups in total. The third-order valence-corrected chi connectivity index (χ3v) is 5.74. The molecule has 1 aliphatic rings. The van der Waals surface area contributed by atoms with Gasteiger partial charge in [-0.25, -0.2) is 9.97 Å². The van der Waals surface area contributed by atoms with Gasteiger partial charge in [0.2, 0.25) is 0 Å². The quantitative estimate of drug-likeness (QED) is 0.525. The zero-order valence-corrected chi connectivity index (χ0v) is 17.1. The molecule has 0 radical (unpaired) electrons. The van der Waals surface area contributed by atoms with Crippen molar-refractivity contribution in [1.29, 1.82) is 0 Å². The molecule has 7 nitrogen and oxygen atoms in total. The highest BCUT2D eigenvalue weighted by Crippen LogP contribution is 2.25. The highest BCUT2D eigenvalue weighted by atomic mass is 15.3. The Morgan fingerprint density at radius 1 is 1.14 bits per heavy atom. The third kappa shape index (κ3) is 3.35. The fraction of sp³-hybridized carbons (Fsp3) is 0.409. The molecule has 0 saturated heterocycles. The van der Waals surface area contributed by atoms with E-state index >= 15 is 0 Å². The number of aryl methyl sites for hydroxylation is 3. The van der Waals surface area contributed by atoms with E-state index in [4.69, 9.17) is 10.1 Å². The molecule has 0 unspecified atom stereocenters. The van der Waals surface area contributed by atoms with Crippen LogP contribution in [0, 0.1) is 0 Å². The number of hydrogen-bond donors (Lipinski definition) is 0. The molecule has 0 amide bonds. The lowest BCUT2D eigenvalue weighted by molar-refractivity contribution is 0.250. The van der Waals surface area contributed by atoms with Crippen molar-refractivity contribution in [1.82, 2.24) is 33.8 Å². The second-order valence-electron chi connectivity index (χ2n) is 7.83. The lowest BCUT2D eigenvalue weighted by Gasteiger charge is -2.19. The van der Waals surface area contributed by atoms with Gasteiger partial charge in [0, 0.05) is 45.6 Å². The first kappa shape index (κ1) is 18.1. The smallest absolute Gasteiger partial charge is 0.161 e. The third-order valence-electron chi connectivity index (χ3n) is 5.74. The Morgan fingerprint density at radius 3 is 2.90 bits per heavy atom. The average molecular weight is 390 g/mol. The Kier molecular flexibility index (Phi) is 4.67. The summed E-state index contributed by atoms with van der Waals surface area (Å²) in [4.78, 5) is 11.9. The van der Waals surface area contributed by atoms with Gasteiger partial charge in [-0.3, -0.25) is 9.58 Å². The van der Waals surface area contributed by atoms with Crippen LogP contribution in [0.15, 0.2) is 42.7 Å². The highest BCUT2D eigenvalue weighted by molar-refractivity contribution is 5.79. The van der Waals surface area contributed by atoms with E-state index < -0.39 is 0 Å². The number of fused-ring (bicyclic) bond motifs is 2. The van der Waals surface area contributed by atoms with Gasteiger partial charge in [-0.1, -0.05) is 19.1 Å². The molecule has 0 aliphatic carbocycles. The molecule has 0 saturated carbocycles. The number of hydrogen-bond acceptors (Lipinski definition) is 4. The van der Waals surface area contributed by atoms with Gasteiger partial charge in [-0.05, 0) is 31.0 Å². The summed E-state index contributed by atoms with van der Waals surface area (Å²) in [6, 6.07) is 10.4. The summed E-state index contributed by atoms with van der Waals surface area (Å²) in [5.74, 6) is 2.08. The number of para-hydroxylation sites is 2. The van der Waals surface area contributed by atoms with Crippen LogP contribution in [0.25, 0.3) is 22.6 Å². The van der Waals surface area contributed by atoms with Crippen LogP contribution < -0.4 is 0 Å². The van der Waals surface area contributed by atoms with E-state index in [1.54, 1.807) is 0 Å². The molecule has 0 bridgehead atoms. The minimum absolute atomic E-state index is 0.875. The van der Waals surface area contributed by atoms with Crippen LogP contribution in [0.5, 0.6) is 0 Å². The van der Waals surface area contributed by atoms with Crippen molar-refractivity contribution in [2.24, 2.45) is 7.05 Å². The molecule has 5 rings (SSSR count). The van der Waals surface area contributed by atoms with Crippen LogP contribution in [0.3, 0.4) is 0 Å². The first-order valence-corrected chi connectivity index (χ1v) is 10.4. The number of rotatable bonds is 5.